The third-order valence-corrected chi connectivity index (χ3v) is 4.61. The van der Waals surface area contributed by atoms with Crippen LogP contribution in [-0.2, 0) is 16.4 Å². The topological polar surface area (TPSA) is 79.0 Å². The Balaban J connectivity index is 2.38. The first-order valence-electron chi connectivity index (χ1n) is 5.92. The second-order valence-corrected chi connectivity index (χ2v) is 6.75. The molecule has 0 aliphatic rings. The van der Waals surface area contributed by atoms with Crippen molar-refractivity contribution in [3.8, 4) is 0 Å². The second kappa shape index (κ2) is 5.80. The second-order valence-electron chi connectivity index (χ2n) is 4.15. The van der Waals surface area contributed by atoms with Gasteiger partial charge in [-0.25, -0.2) is 8.42 Å². The van der Waals surface area contributed by atoms with Crippen LogP contribution in [0, 0.1) is 0 Å². The molecule has 5 nitrogen and oxygen atoms in total. The summed E-state index contributed by atoms with van der Waals surface area (Å²) < 4.78 is 27.9. The molecule has 0 fully saturated rings. The summed E-state index contributed by atoms with van der Waals surface area (Å²) in [4.78, 5) is 13.3. The lowest BCUT2D eigenvalue weighted by Crippen LogP contribution is -2.16. The number of aryl methyl sites for hydroxylation is 1. The van der Waals surface area contributed by atoms with Crippen molar-refractivity contribution in [3.63, 3.8) is 0 Å². The van der Waals surface area contributed by atoms with E-state index in [1.54, 1.807) is 12.1 Å². The van der Waals surface area contributed by atoms with Crippen LogP contribution in [0.1, 0.15) is 12.5 Å². The van der Waals surface area contributed by atoms with Gasteiger partial charge in [-0.15, -0.1) is 0 Å². The Bertz CT molecular complexity index is 764. The maximum absolute atomic E-state index is 12.2. The van der Waals surface area contributed by atoms with Gasteiger partial charge in [0.05, 0.1) is 5.69 Å². The number of aromatic nitrogens is 1. The minimum absolute atomic E-state index is 0.0158. The van der Waals surface area contributed by atoms with E-state index in [0.717, 1.165) is 10.0 Å². The van der Waals surface area contributed by atoms with Gasteiger partial charge in [0, 0.05) is 16.7 Å². The lowest BCUT2D eigenvalue weighted by atomic mass is 10.1. The number of H-pyrrole nitrogens is 1. The first kappa shape index (κ1) is 14.8. The van der Waals surface area contributed by atoms with Crippen molar-refractivity contribution in [1.82, 2.24) is 4.98 Å². The van der Waals surface area contributed by atoms with Crippen molar-refractivity contribution in [3.05, 3.63) is 56.9 Å². The van der Waals surface area contributed by atoms with Crippen LogP contribution in [0.3, 0.4) is 0 Å². The third kappa shape index (κ3) is 3.29. The van der Waals surface area contributed by atoms with Gasteiger partial charge >= 0.3 is 0 Å². The number of benzene rings is 1. The zero-order valence-corrected chi connectivity index (χ0v) is 13.1. The van der Waals surface area contributed by atoms with Crippen LogP contribution >= 0.6 is 15.9 Å². The minimum Gasteiger partial charge on any atom is -0.328 e. The fourth-order valence-corrected chi connectivity index (χ4v) is 3.20. The maximum atomic E-state index is 12.2. The number of rotatable bonds is 4. The Morgan fingerprint density at radius 2 is 2.00 bits per heavy atom. The van der Waals surface area contributed by atoms with Gasteiger partial charge < -0.3 is 4.98 Å². The van der Waals surface area contributed by atoms with Crippen molar-refractivity contribution >= 4 is 31.6 Å². The molecule has 2 aromatic rings. The molecule has 1 heterocycles. The Kier molecular flexibility index (Phi) is 4.29. The zero-order chi connectivity index (χ0) is 14.8. The van der Waals surface area contributed by atoms with Crippen molar-refractivity contribution in [2.24, 2.45) is 0 Å². The van der Waals surface area contributed by atoms with Gasteiger partial charge in [-0.3, -0.25) is 9.52 Å². The van der Waals surface area contributed by atoms with Gasteiger partial charge in [0.1, 0.15) is 4.90 Å². The third-order valence-electron chi connectivity index (χ3n) is 2.76. The summed E-state index contributed by atoms with van der Waals surface area (Å²) in [5.74, 6) is 0. The van der Waals surface area contributed by atoms with Gasteiger partial charge in [0.2, 0.25) is 5.56 Å². The monoisotopic (exact) mass is 356 g/mol. The highest BCUT2D eigenvalue weighted by Gasteiger charge is 2.15. The summed E-state index contributed by atoms with van der Waals surface area (Å²) in [5.41, 5.74) is 1.07. The summed E-state index contributed by atoms with van der Waals surface area (Å²) in [7, 11) is -3.71. The number of sulfonamides is 1. The maximum Gasteiger partial charge on any atom is 0.263 e. The molecule has 2 rings (SSSR count). The molecular weight excluding hydrogens is 344 g/mol. The smallest absolute Gasteiger partial charge is 0.263 e. The van der Waals surface area contributed by atoms with Gasteiger partial charge in [-0.1, -0.05) is 22.9 Å². The van der Waals surface area contributed by atoms with E-state index in [4.69, 9.17) is 0 Å². The molecule has 0 atom stereocenters. The SMILES string of the molecule is CCc1cc(Br)ccc1NS(=O)(=O)c1ccc(=O)[nH]c1. The molecule has 0 saturated carbocycles. The number of anilines is 1. The number of hydrogen-bond donors (Lipinski definition) is 2. The number of halogens is 1. The molecule has 0 radical (unpaired) electrons. The molecule has 7 heteroatoms. The lowest BCUT2D eigenvalue weighted by Gasteiger charge is -2.12. The number of aromatic amines is 1. The molecule has 106 valence electrons. The molecule has 0 aliphatic heterocycles. The quantitative estimate of drug-likeness (QED) is 0.883. The van der Waals surface area contributed by atoms with Crippen molar-refractivity contribution in [1.29, 1.82) is 0 Å². The van der Waals surface area contributed by atoms with Crippen LogP contribution in [0.4, 0.5) is 5.69 Å². The molecule has 0 unspecified atom stereocenters. The van der Waals surface area contributed by atoms with Crippen molar-refractivity contribution < 1.29 is 8.42 Å². The van der Waals surface area contributed by atoms with E-state index in [-0.39, 0.29) is 10.5 Å². The lowest BCUT2D eigenvalue weighted by molar-refractivity contribution is 0.600. The Morgan fingerprint density at radius 1 is 1.25 bits per heavy atom. The van der Waals surface area contributed by atoms with E-state index in [9.17, 15) is 13.2 Å². The molecule has 0 aliphatic carbocycles. The predicted octanol–water partition coefficient (Wildman–Crippen LogP) is 2.50. The van der Waals surface area contributed by atoms with Crippen LogP contribution in [-0.4, -0.2) is 13.4 Å². The van der Waals surface area contributed by atoms with Crippen LogP contribution in [0.25, 0.3) is 0 Å². The number of hydrogen-bond acceptors (Lipinski definition) is 3. The summed E-state index contributed by atoms with van der Waals surface area (Å²) in [6.45, 7) is 1.94. The summed E-state index contributed by atoms with van der Waals surface area (Å²) in [5, 5.41) is 0. The molecule has 0 bridgehead atoms. The van der Waals surface area contributed by atoms with Crippen LogP contribution in [0.2, 0.25) is 0 Å². The Morgan fingerprint density at radius 3 is 2.60 bits per heavy atom. The summed E-state index contributed by atoms with van der Waals surface area (Å²) in [6, 6.07) is 7.78. The van der Waals surface area contributed by atoms with Crippen LogP contribution < -0.4 is 10.3 Å². The number of nitrogens with one attached hydrogen (secondary N) is 2. The standard InChI is InChI=1S/C13H13BrN2O3S/c1-2-9-7-10(14)3-5-12(9)16-20(18,19)11-4-6-13(17)15-8-11/h3-8,16H,2H2,1H3,(H,15,17). The fraction of sp³-hybridized carbons (Fsp3) is 0.154. The first-order valence-corrected chi connectivity index (χ1v) is 8.20. The fourth-order valence-electron chi connectivity index (χ4n) is 1.72. The first-order chi connectivity index (χ1) is 9.42. The van der Waals surface area contributed by atoms with Crippen LogP contribution in [0.15, 0.2) is 50.7 Å². The van der Waals surface area contributed by atoms with Crippen molar-refractivity contribution in [2.45, 2.75) is 18.2 Å². The van der Waals surface area contributed by atoms with Crippen molar-refractivity contribution in [2.75, 3.05) is 4.72 Å². The summed E-state index contributed by atoms with van der Waals surface area (Å²) in [6.07, 6.45) is 1.87. The zero-order valence-electron chi connectivity index (χ0n) is 10.7. The van der Waals surface area contributed by atoms with Crippen LogP contribution in [0.5, 0.6) is 0 Å². The highest BCUT2D eigenvalue weighted by molar-refractivity contribution is 9.10. The van der Waals surface area contributed by atoms with E-state index >= 15 is 0 Å². The molecule has 20 heavy (non-hydrogen) atoms. The van der Waals surface area contributed by atoms with Gasteiger partial charge in [0.15, 0.2) is 0 Å². The van der Waals surface area contributed by atoms with E-state index in [1.165, 1.54) is 18.3 Å². The molecule has 0 amide bonds. The van der Waals surface area contributed by atoms with E-state index in [0.29, 0.717) is 12.1 Å². The van der Waals surface area contributed by atoms with Gasteiger partial charge in [-0.2, -0.15) is 0 Å². The van der Waals surface area contributed by atoms with E-state index < -0.39 is 10.0 Å². The highest BCUT2D eigenvalue weighted by atomic mass is 79.9. The van der Waals surface area contributed by atoms with E-state index in [2.05, 4.69) is 25.6 Å². The molecule has 0 saturated heterocycles. The molecule has 1 aromatic carbocycles. The Labute approximate surface area is 125 Å². The molecular formula is C13H13BrN2O3S. The summed E-state index contributed by atoms with van der Waals surface area (Å²) >= 11 is 3.35. The average molecular weight is 357 g/mol. The number of pyridine rings is 1. The highest BCUT2D eigenvalue weighted by Crippen LogP contribution is 2.24. The largest absolute Gasteiger partial charge is 0.328 e. The molecule has 0 spiro atoms. The minimum atomic E-state index is -3.71. The average Bonchev–Trinajstić information content (AvgIpc) is 2.41. The van der Waals surface area contributed by atoms with Gasteiger partial charge in [-0.05, 0) is 36.2 Å². The molecule has 2 N–H and O–H groups in total. The molecule has 1 aromatic heterocycles. The van der Waals surface area contributed by atoms with E-state index in [1.807, 2.05) is 13.0 Å². The van der Waals surface area contributed by atoms with Gasteiger partial charge in [0.25, 0.3) is 10.0 Å². The predicted molar refractivity (Wildman–Crippen MR) is 81.4 cm³/mol. The normalized spacial score (nSPS) is 11.3. The Hall–Kier alpha value is -1.60.